The van der Waals surface area contributed by atoms with Crippen molar-refractivity contribution in [1.29, 1.82) is 0 Å². The molecule has 0 aromatic heterocycles. The van der Waals surface area contributed by atoms with E-state index in [-0.39, 0.29) is 24.0 Å². The first kappa shape index (κ1) is 26.0. The summed E-state index contributed by atoms with van der Waals surface area (Å²) in [5, 5.41) is 21.8. The van der Waals surface area contributed by atoms with E-state index in [2.05, 4.69) is 33.9 Å². The number of esters is 1. The molecule has 1 heterocycles. The van der Waals surface area contributed by atoms with Crippen LogP contribution in [0.5, 0.6) is 0 Å². The van der Waals surface area contributed by atoms with Gasteiger partial charge in [0, 0.05) is 24.9 Å². The lowest BCUT2D eigenvalue weighted by molar-refractivity contribution is -0.217. The molecule has 1 aliphatic heterocycles. The predicted octanol–water partition coefficient (Wildman–Crippen LogP) is 3.90. The number of cyclic esters (lactones) is 1. The van der Waals surface area contributed by atoms with Crippen LogP contribution in [0.15, 0.2) is 30.3 Å². The molecule has 7 heteroatoms. The number of carbonyl (C=O) groups excluding carboxylic acids is 1. The molecule has 1 aromatic carbocycles. The summed E-state index contributed by atoms with van der Waals surface area (Å²) >= 11 is 0. The fourth-order valence-electron chi connectivity index (χ4n) is 3.42. The number of aliphatic hydroxyl groups excluding tert-OH is 1. The summed E-state index contributed by atoms with van der Waals surface area (Å²) in [4.78, 5) is 12.4. The molecule has 0 aliphatic carbocycles. The van der Waals surface area contributed by atoms with E-state index in [1.54, 1.807) is 6.92 Å². The summed E-state index contributed by atoms with van der Waals surface area (Å²) in [5.74, 6) is -1.34. The molecule has 0 unspecified atom stereocenters. The average Bonchev–Trinajstić information content (AvgIpc) is 2.69. The van der Waals surface area contributed by atoms with Gasteiger partial charge in [0.2, 0.25) is 0 Å². The highest BCUT2D eigenvalue weighted by atomic mass is 28.4. The Labute approximate surface area is 188 Å². The van der Waals surface area contributed by atoms with Crippen LogP contribution in [0.1, 0.15) is 46.6 Å². The van der Waals surface area contributed by atoms with Crippen molar-refractivity contribution in [1.82, 2.24) is 0 Å². The van der Waals surface area contributed by atoms with Crippen LogP contribution in [0.4, 0.5) is 0 Å². The Balaban J connectivity index is 1.99. The molecule has 0 radical (unpaired) electrons. The number of carbonyl (C=O) groups is 1. The van der Waals surface area contributed by atoms with E-state index < -0.39 is 38.0 Å². The van der Waals surface area contributed by atoms with E-state index in [1.807, 2.05) is 37.3 Å². The standard InChI is InChI=1S/C24H40O6Si/c1-17(14-29-31(6,7)23(3,4)5)20-13-24(27,21(25)22(26)30-20)18(2)15-28-16-19-11-9-8-10-12-19/h8-12,17-18,20-21,25,27H,13-16H2,1-7H3/t17-,18-,20-,21-,24-/m1/s1. The van der Waals surface area contributed by atoms with Crippen LogP contribution in [0.25, 0.3) is 0 Å². The van der Waals surface area contributed by atoms with Crippen molar-refractivity contribution in [2.24, 2.45) is 11.8 Å². The molecule has 5 atom stereocenters. The van der Waals surface area contributed by atoms with Gasteiger partial charge in [-0.1, -0.05) is 65.0 Å². The van der Waals surface area contributed by atoms with Gasteiger partial charge < -0.3 is 24.1 Å². The van der Waals surface area contributed by atoms with Crippen LogP contribution in [-0.2, 0) is 25.3 Å². The van der Waals surface area contributed by atoms with Crippen LogP contribution in [0.3, 0.4) is 0 Å². The minimum atomic E-state index is -1.94. The van der Waals surface area contributed by atoms with Crippen LogP contribution >= 0.6 is 0 Å². The summed E-state index contributed by atoms with van der Waals surface area (Å²) in [7, 11) is -1.94. The SMILES string of the molecule is C[C@H](CO[Si](C)(C)C(C)(C)C)[C@H]1C[C@@](O)([C@H](C)COCc2ccccc2)[C@H](O)C(=O)O1. The maximum absolute atomic E-state index is 12.4. The molecule has 1 saturated heterocycles. The van der Waals surface area contributed by atoms with Crippen LogP contribution < -0.4 is 0 Å². The van der Waals surface area contributed by atoms with Crippen molar-refractivity contribution >= 4 is 14.3 Å². The fourth-order valence-corrected chi connectivity index (χ4v) is 4.53. The second-order valence-electron chi connectivity index (χ2n) is 10.5. The third-order valence-electron chi connectivity index (χ3n) is 6.97. The molecule has 2 rings (SSSR count). The van der Waals surface area contributed by atoms with Gasteiger partial charge in [0.05, 0.1) is 13.2 Å². The van der Waals surface area contributed by atoms with E-state index in [0.717, 1.165) is 5.56 Å². The minimum Gasteiger partial charge on any atom is -0.460 e. The zero-order valence-electron chi connectivity index (χ0n) is 20.1. The maximum atomic E-state index is 12.4. The summed E-state index contributed by atoms with van der Waals surface area (Å²) in [6, 6.07) is 9.75. The number of benzene rings is 1. The van der Waals surface area contributed by atoms with Gasteiger partial charge >= 0.3 is 5.97 Å². The van der Waals surface area contributed by atoms with Gasteiger partial charge in [-0.2, -0.15) is 0 Å². The lowest BCUT2D eigenvalue weighted by Gasteiger charge is -2.45. The second kappa shape index (κ2) is 10.1. The maximum Gasteiger partial charge on any atom is 0.338 e. The smallest absolute Gasteiger partial charge is 0.338 e. The number of hydrogen-bond acceptors (Lipinski definition) is 6. The highest BCUT2D eigenvalue weighted by Gasteiger charge is 2.53. The number of hydrogen-bond donors (Lipinski definition) is 2. The largest absolute Gasteiger partial charge is 0.460 e. The predicted molar refractivity (Wildman–Crippen MR) is 123 cm³/mol. The Morgan fingerprint density at radius 1 is 1.19 bits per heavy atom. The highest BCUT2D eigenvalue weighted by molar-refractivity contribution is 6.74. The fraction of sp³-hybridized carbons (Fsp3) is 0.708. The lowest BCUT2D eigenvalue weighted by atomic mass is 9.76. The number of aliphatic hydroxyl groups is 2. The van der Waals surface area contributed by atoms with E-state index in [4.69, 9.17) is 13.9 Å². The molecule has 0 amide bonds. The molecule has 1 fully saturated rings. The van der Waals surface area contributed by atoms with Crippen molar-refractivity contribution in [2.75, 3.05) is 13.2 Å². The van der Waals surface area contributed by atoms with E-state index >= 15 is 0 Å². The Morgan fingerprint density at radius 3 is 2.39 bits per heavy atom. The Kier molecular flexibility index (Phi) is 8.50. The van der Waals surface area contributed by atoms with Crippen molar-refractivity contribution in [2.45, 2.75) is 83.6 Å². The Hall–Kier alpha value is -1.25. The molecule has 0 bridgehead atoms. The zero-order chi connectivity index (χ0) is 23.4. The summed E-state index contributed by atoms with van der Waals surface area (Å²) in [5.41, 5.74) is -0.582. The molecule has 2 N–H and O–H groups in total. The molecule has 1 aromatic rings. The Bertz CT molecular complexity index is 717. The quantitative estimate of drug-likeness (QED) is 0.437. The van der Waals surface area contributed by atoms with Crippen molar-refractivity contribution in [3.63, 3.8) is 0 Å². The summed E-state index contributed by atoms with van der Waals surface area (Å²) < 4.78 is 17.5. The first-order valence-corrected chi connectivity index (χ1v) is 14.1. The monoisotopic (exact) mass is 452 g/mol. The molecular formula is C24H40O6Si. The van der Waals surface area contributed by atoms with Crippen molar-refractivity contribution in [3.05, 3.63) is 35.9 Å². The van der Waals surface area contributed by atoms with Gasteiger partial charge in [-0.3, -0.25) is 0 Å². The normalized spacial score (nSPS) is 26.9. The first-order valence-electron chi connectivity index (χ1n) is 11.1. The van der Waals surface area contributed by atoms with Crippen LogP contribution in [0.2, 0.25) is 18.1 Å². The summed E-state index contributed by atoms with van der Waals surface area (Å²) in [6.45, 7) is 15.7. The highest BCUT2D eigenvalue weighted by Crippen LogP contribution is 2.39. The molecule has 6 nitrogen and oxygen atoms in total. The lowest BCUT2D eigenvalue weighted by Crippen LogP contribution is -2.60. The van der Waals surface area contributed by atoms with Crippen LogP contribution in [0, 0.1) is 11.8 Å². The van der Waals surface area contributed by atoms with E-state index in [9.17, 15) is 15.0 Å². The zero-order valence-corrected chi connectivity index (χ0v) is 21.1. The van der Waals surface area contributed by atoms with Gasteiger partial charge in [-0.05, 0) is 23.7 Å². The minimum absolute atomic E-state index is 0.0809. The number of ether oxygens (including phenoxy) is 2. The van der Waals surface area contributed by atoms with Gasteiger partial charge in [0.15, 0.2) is 14.4 Å². The first-order chi connectivity index (χ1) is 14.3. The Morgan fingerprint density at radius 2 is 1.81 bits per heavy atom. The van der Waals surface area contributed by atoms with Gasteiger partial charge in [-0.15, -0.1) is 0 Å². The van der Waals surface area contributed by atoms with E-state index in [0.29, 0.717) is 13.2 Å². The molecule has 0 saturated carbocycles. The average molecular weight is 453 g/mol. The van der Waals surface area contributed by atoms with Crippen molar-refractivity contribution in [3.8, 4) is 0 Å². The topological polar surface area (TPSA) is 85.2 Å². The van der Waals surface area contributed by atoms with Gasteiger partial charge in [0.25, 0.3) is 0 Å². The molecule has 176 valence electrons. The molecule has 1 aliphatic rings. The van der Waals surface area contributed by atoms with Gasteiger partial charge in [0.1, 0.15) is 11.7 Å². The number of rotatable bonds is 9. The summed E-state index contributed by atoms with van der Waals surface area (Å²) in [6.07, 6.45) is -1.97. The molecular weight excluding hydrogens is 412 g/mol. The van der Waals surface area contributed by atoms with Gasteiger partial charge in [-0.25, -0.2) is 4.79 Å². The van der Waals surface area contributed by atoms with E-state index in [1.165, 1.54) is 0 Å². The van der Waals surface area contributed by atoms with Crippen molar-refractivity contribution < 1.29 is 28.9 Å². The molecule has 31 heavy (non-hydrogen) atoms. The second-order valence-corrected chi connectivity index (χ2v) is 15.3. The third-order valence-corrected chi connectivity index (χ3v) is 11.5. The third kappa shape index (κ3) is 6.39. The van der Waals surface area contributed by atoms with Crippen LogP contribution in [-0.4, -0.2) is 55.5 Å². The molecule has 0 spiro atoms.